The van der Waals surface area contributed by atoms with Crippen molar-refractivity contribution in [2.24, 2.45) is 0 Å². The molecule has 2 aromatic rings. The van der Waals surface area contributed by atoms with Crippen molar-refractivity contribution in [3.63, 3.8) is 0 Å². The van der Waals surface area contributed by atoms with Gasteiger partial charge in [0.05, 0.1) is 10.7 Å². The van der Waals surface area contributed by atoms with Crippen LogP contribution >= 0.6 is 15.9 Å². The van der Waals surface area contributed by atoms with Gasteiger partial charge in [0, 0.05) is 20.1 Å². The predicted octanol–water partition coefficient (Wildman–Crippen LogP) is 2.54. The molecule has 0 unspecified atom stereocenters. The van der Waals surface area contributed by atoms with Crippen LogP contribution in [0.2, 0.25) is 0 Å². The van der Waals surface area contributed by atoms with Crippen molar-refractivity contribution in [2.45, 2.75) is 12.8 Å². The van der Waals surface area contributed by atoms with Crippen molar-refractivity contribution in [2.75, 3.05) is 30.4 Å². The van der Waals surface area contributed by atoms with Gasteiger partial charge in [-0.2, -0.15) is 15.0 Å². The predicted molar refractivity (Wildman–Crippen MR) is 76.2 cm³/mol. The Morgan fingerprint density at radius 1 is 1.26 bits per heavy atom. The summed E-state index contributed by atoms with van der Waals surface area (Å²) < 4.78 is 6.26. The molecule has 0 bridgehead atoms. The second kappa shape index (κ2) is 5.16. The number of aromatic nitrogens is 3. The Hall–Kier alpha value is -1.63. The summed E-state index contributed by atoms with van der Waals surface area (Å²) >= 11 is 3.43. The van der Waals surface area contributed by atoms with Crippen molar-refractivity contribution in [3.8, 4) is 11.6 Å². The number of nitrogens with one attached hydrogen (secondary N) is 1. The smallest absolute Gasteiger partial charge is 0.230 e. The van der Waals surface area contributed by atoms with Crippen LogP contribution in [0.5, 0.6) is 0 Å². The van der Waals surface area contributed by atoms with E-state index in [-0.39, 0.29) is 0 Å². The van der Waals surface area contributed by atoms with Crippen LogP contribution in [-0.4, -0.2) is 35.1 Å². The maximum atomic E-state index is 5.42. The molecule has 0 radical (unpaired) electrons. The van der Waals surface area contributed by atoms with Crippen molar-refractivity contribution < 1.29 is 4.42 Å². The van der Waals surface area contributed by atoms with Crippen LogP contribution in [0.3, 0.4) is 0 Å². The first-order valence-electron chi connectivity index (χ1n) is 6.20. The number of halogens is 1. The van der Waals surface area contributed by atoms with Crippen LogP contribution in [0.4, 0.5) is 11.9 Å². The molecule has 3 heterocycles. The van der Waals surface area contributed by atoms with Crippen molar-refractivity contribution in [3.05, 3.63) is 16.8 Å². The quantitative estimate of drug-likeness (QED) is 0.936. The molecule has 0 spiro atoms. The van der Waals surface area contributed by atoms with Gasteiger partial charge in [-0.1, -0.05) is 0 Å². The normalized spacial score (nSPS) is 14.9. The number of hydrogen-bond acceptors (Lipinski definition) is 6. The van der Waals surface area contributed by atoms with Crippen molar-refractivity contribution in [1.29, 1.82) is 0 Å². The summed E-state index contributed by atoms with van der Waals surface area (Å²) in [6.07, 6.45) is 3.97. The average molecular weight is 324 g/mol. The number of anilines is 2. The molecule has 1 N–H and O–H groups in total. The fourth-order valence-corrected chi connectivity index (χ4v) is 2.47. The minimum absolute atomic E-state index is 0.540. The first-order chi connectivity index (χ1) is 9.28. The van der Waals surface area contributed by atoms with Crippen LogP contribution < -0.4 is 10.2 Å². The molecule has 19 heavy (non-hydrogen) atoms. The zero-order valence-electron chi connectivity index (χ0n) is 10.6. The highest BCUT2D eigenvalue weighted by Gasteiger charge is 2.19. The first kappa shape index (κ1) is 12.4. The van der Waals surface area contributed by atoms with E-state index in [2.05, 4.69) is 41.1 Å². The van der Waals surface area contributed by atoms with E-state index >= 15 is 0 Å². The van der Waals surface area contributed by atoms with E-state index in [1.807, 2.05) is 6.07 Å². The Morgan fingerprint density at radius 2 is 2.05 bits per heavy atom. The van der Waals surface area contributed by atoms with E-state index in [4.69, 9.17) is 4.42 Å². The number of furan rings is 1. The molecule has 2 aromatic heterocycles. The maximum absolute atomic E-state index is 5.42. The third kappa shape index (κ3) is 2.42. The highest BCUT2D eigenvalue weighted by Crippen LogP contribution is 2.28. The van der Waals surface area contributed by atoms with Gasteiger partial charge in [-0.05, 0) is 34.8 Å². The number of hydrogen-bond donors (Lipinski definition) is 1. The largest absolute Gasteiger partial charge is 0.460 e. The van der Waals surface area contributed by atoms with Crippen LogP contribution in [-0.2, 0) is 0 Å². The summed E-state index contributed by atoms with van der Waals surface area (Å²) in [5.41, 5.74) is 0. The molecule has 3 rings (SSSR count). The molecular formula is C12H14BrN5O. The SMILES string of the molecule is CNc1nc(-c2occc2Br)nc(N2CCCC2)n1. The number of rotatable bonds is 3. The summed E-state index contributed by atoms with van der Waals surface area (Å²) in [7, 11) is 1.80. The van der Waals surface area contributed by atoms with Crippen LogP contribution in [0.15, 0.2) is 21.2 Å². The lowest BCUT2D eigenvalue weighted by atomic mass is 10.4. The molecule has 0 amide bonds. The van der Waals surface area contributed by atoms with E-state index in [0.29, 0.717) is 23.5 Å². The molecule has 1 fully saturated rings. The molecular weight excluding hydrogens is 310 g/mol. The topological polar surface area (TPSA) is 67.1 Å². The molecule has 0 atom stereocenters. The molecule has 7 heteroatoms. The fraction of sp³-hybridized carbons (Fsp3) is 0.417. The lowest BCUT2D eigenvalue weighted by molar-refractivity contribution is 0.575. The van der Waals surface area contributed by atoms with Gasteiger partial charge in [0.2, 0.25) is 17.7 Å². The Labute approximate surface area is 119 Å². The third-order valence-corrected chi connectivity index (χ3v) is 3.68. The lowest BCUT2D eigenvalue weighted by Crippen LogP contribution is -2.21. The van der Waals surface area contributed by atoms with Gasteiger partial charge in [0.1, 0.15) is 0 Å². The minimum Gasteiger partial charge on any atom is -0.460 e. The van der Waals surface area contributed by atoms with E-state index in [1.165, 1.54) is 12.8 Å². The average Bonchev–Trinajstić information content (AvgIpc) is 3.09. The first-order valence-corrected chi connectivity index (χ1v) is 6.99. The van der Waals surface area contributed by atoms with E-state index < -0.39 is 0 Å². The van der Waals surface area contributed by atoms with Crippen LogP contribution in [0.25, 0.3) is 11.6 Å². The molecule has 1 aliphatic rings. The summed E-state index contributed by atoms with van der Waals surface area (Å²) in [6.45, 7) is 1.98. The Bertz CT molecular complexity index is 579. The summed E-state index contributed by atoms with van der Waals surface area (Å²) in [4.78, 5) is 15.4. The number of nitrogens with zero attached hydrogens (tertiary/aromatic N) is 4. The third-order valence-electron chi connectivity index (χ3n) is 3.06. The lowest BCUT2D eigenvalue weighted by Gasteiger charge is -2.16. The van der Waals surface area contributed by atoms with Gasteiger partial charge in [0.15, 0.2) is 5.76 Å². The molecule has 100 valence electrons. The van der Waals surface area contributed by atoms with E-state index in [0.717, 1.165) is 17.6 Å². The van der Waals surface area contributed by atoms with E-state index in [1.54, 1.807) is 13.3 Å². The maximum Gasteiger partial charge on any atom is 0.230 e. The summed E-state index contributed by atoms with van der Waals surface area (Å²) in [5, 5.41) is 2.97. The molecule has 0 aliphatic carbocycles. The van der Waals surface area contributed by atoms with Gasteiger partial charge in [-0.15, -0.1) is 0 Å². The summed E-state index contributed by atoms with van der Waals surface area (Å²) in [5.74, 6) is 2.42. The monoisotopic (exact) mass is 323 g/mol. The highest BCUT2D eigenvalue weighted by atomic mass is 79.9. The Kier molecular flexibility index (Phi) is 3.37. The standard InChI is InChI=1S/C12H14BrN5O/c1-14-11-15-10(9-8(13)4-7-19-9)16-12(17-11)18-5-2-3-6-18/h4,7H,2-3,5-6H2,1H3,(H,14,15,16,17). The Balaban J connectivity index is 2.04. The zero-order valence-corrected chi connectivity index (χ0v) is 12.1. The molecule has 0 aromatic carbocycles. The molecule has 6 nitrogen and oxygen atoms in total. The van der Waals surface area contributed by atoms with Gasteiger partial charge >= 0.3 is 0 Å². The molecule has 1 saturated heterocycles. The van der Waals surface area contributed by atoms with Gasteiger partial charge in [-0.3, -0.25) is 0 Å². The van der Waals surface area contributed by atoms with Crippen molar-refractivity contribution in [1.82, 2.24) is 15.0 Å². The zero-order chi connectivity index (χ0) is 13.2. The van der Waals surface area contributed by atoms with E-state index in [9.17, 15) is 0 Å². The van der Waals surface area contributed by atoms with Crippen LogP contribution in [0, 0.1) is 0 Å². The summed E-state index contributed by atoms with van der Waals surface area (Å²) in [6, 6.07) is 1.83. The Morgan fingerprint density at radius 3 is 2.68 bits per heavy atom. The second-order valence-corrected chi connectivity index (χ2v) is 5.18. The van der Waals surface area contributed by atoms with Gasteiger partial charge in [0.25, 0.3) is 0 Å². The van der Waals surface area contributed by atoms with Crippen molar-refractivity contribution >= 4 is 27.8 Å². The second-order valence-electron chi connectivity index (χ2n) is 4.32. The minimum atomic E-state index is 0.540. The molecule has 1 aliphatic heterocycles. The highest BCUT2D eigenvalue weighted by molar-refractivity contribution is 9.10. The molecule has 0 saturated carbocycles. The van der Waals surface area contributed by atoms with Crippen LogP contribution in [0.1, 0.15) is 12.8 Å². The van der Waals surface area contributed by atoms with Gasteiger partial charge < -0.3 is 14.6 Å². The van der Waals surface area contributed by atoms with Gasteiger partial charge in [-0.25, -0.2) is 0 Å². The fourth-order valence-electron chi connectivity index (χ4n) is 2.09.